The van der Waals surface area contributed by atoms with Gasteiger partial charge in [0.15, 0.2) is 0 Å². The molecule has 0 aromatic heterocycles. The third-order valence-electron chi connectivity index (χ3n) is 3.07. The highest BCUT2D eigenvalue weighted by atomic mass is 32.2. The van der Waals surface area contributed by atoms with Crippen molar-refractivity contribution in [2.24, 2.45) is 0 Å². The Morgan fingerprint density at radius 3 is 2.78 bits per heavy atom. The van der Waals surface area contributed by atoms with Crippen molar-refractivity contribution >= 4 is 15.7 Å². The largest absolute Gasteiger partial charge is 0.398 e. The zero-order chi connectivity index (χ0) is 13.2. The number of aryl methyl sites for hydroxylation is 1. The maximum Gasteiger partial charge on any atom is 0.243 e. The zero-order valence-electron chi connectivity index (χ0n) is 10.4. The Balaban J connectivity index is 2.31. The molecular weight excluding hydrogens is 252 g/mol. The summed E-state index contributed by atoms with van der Waals surface area (Å²) >= 11 is 0. The summed E-state index contributed by atoms with van der Waals surface area (Å²) in [6, 6.07) is 4.86. The fourth-order valence-electron chi connectivity index (χ4n) is 1.89. The molecule has 1 aromatic rings. The number of anilines is 1. The first kappa shape index (κ1) is 13.3. The van der Waals surface area contributed by atoms with Crippen molar-refractivity contribution < 1.29 is 13.2 Å². The van der Waals surface area contributed by atoms with E-state index in [1.807, 2.05) is 6.92 Å². The summed E-state index contributed by atoms with van der Waals surface area (Å²) in [4.78, 5) is 0.257. The van der Waals surface area contributed by atoms with Crippen molar-refractivity contribution in [3.63, 3.8) is 0 Å². The van der Waals surface area contributed by atoms with E-state index in [1.165, 1.54) is 10.4 Å². The van der Waals surface area contributed by atoms with E-state index in [0.29, 0.717) is 32.0 Å². The molecule has 1 aromatic carbocycles. The van der Waals surface area contributed by atoms with Gasteiger partial charge in [-0.1, -0.05) is 6.07 Å². The molecule has 1 aliphatic rings. The Morgan fingerprint density at radius 1 is 1.28 bits per heavy atom. The van der Waals surface area contributed by atoms with Crippen LogP contribution in [0.2, 0.25) is 0 Å². The molecule has 18 heavy (non-hydrogen) atoms. The van der Waals surface area contributed by atoms with Crippen LogP contribution in [0.4, 0.5) is 5.69 Å². The average Bonchev–Trinajstić information content (AvgIpc) is 2.61. The van der Waals surface area contributed by atoms with Gasteiger partial charge in [-0.25, -0.2) is 8.42 Å². The SMILES string of the molecule is Cc1ccc(S(=O)(=O)N2CCCOCC2)cc1N. The summed E-state index contributed by atoms with van der Waals surface area (Å²) in [5.74, 6) is 0. The van der Waals surface area contributed by atoms with Crippen molar-refractivity contribution in [1.82, 2.24) is 4.31 Å². The van der Waals surface area contributed by atoms with Crippen LogP contribution in [0.3, 0.4) is 0 Å². The van der Waals surface area contributed by atoms with E-state index in [4.69, 9.17) is 10.5 Å². The molecule has 0 bridgehead atoms. The van der Waals surface area contributed by atoms with Gasteiger partial charge in [-0.15, -0.1) is 0 Å². The van der Waals surface area contributed by atoms with Crippen LogP contribution in [0, 0.1) is 6.92 Å². The average molecular weight is 270 g/mol. The second-order valence-electron chi connectivity index (χ2n) is 4.39. The van der Waals surface area contributed by atoms with E-state index >= 15 is 0 Å². The van der Waals surface area contributed by atoms with E-state index in [1.54, 1.807) is 12.1 Å². The molecule has 1 heterocycles. The van der Waals surface area contributed by atoms with Crippen molar-refractivity contribution in [1.29, 1.82) is 0 Å². The van der Waals surface area contributed by atoms with Crippen molar-refractivity contribution in [2.45, 2.75) is 18.2 Å². The van der Waals surface area contributed by atoms with E-state index in [0.717, 1.165) is 12.0 Å². The molecule has 1 fully saturated rings. The van der Waals surface area contributed by atoms with Gasteiger partial charge in [-0.05, 0) is 31.0 Å². The molecule has 0 spiro atoms. The maximum atomic E-state index is 12.4. The zero-order valence-corrected chi connectivity index (χ0v) is 11.2. The first-order valence-corrected chi connectivity index (χ1v) is 7.40. The molecule has 2 N–H and O–H groups in total. The van der Waals surface area contributed by atoms with E-state index in [-0.39, 0.29) is 4.90 Å². The monoisotopic (exact) mass is 270 g/mol. The van der Waals surface area contributed by atoms with Crippen LogP contribution in [0.5, 0.6) is 0 Å². The van der Waals surface area contributed by atoms with Gasteiger partial charge < -0.3 is 10.5 Å². The number of benzene rings is 1. The van der Waals surface area contributed by atoms with Crippen LogP contribution >= 0.6 is 0 Å². The third kappa shape index (κ3) is 2.66. The highest BCUT2D eigenvalue weighted by Gasteiger charge is 2.25. The fraction of sp³-hybridized carbons (Fsp3) is 0.500. The molecule has 100 valence electrons. The summed E-state index contributed by atoms with van der Waals surface area (Å²) < 4.78 is 31.6. The Hall–Kier alpha value is -1.11. The van der Waals surface area contributed by atoms with Gasteiger partial charge in [0.2, 0.25) is 10.0 Å². The molecule has 6 heteroatoms. The fourth-order valence-corrected chi connectivity index (χ4v) is 3.39. The Morgan fingerprint density at radius 2 is 2.06 bits per heavy atom. The molecule has 0 aliphatic carbocycles. The minimum absolute atomic E-state index is 0.257. The molecule has 0 saturated carbocycles. The van der Waals surface area contributed by atoms with Crippen molar-refractivity contribution in [3.05, 3.63) is 23.8 Å². The molecule has 0 unspecified atom stereocenters. The van der Waals surface area contributed by atoms with Crippen molar-refractivity contribution in [3.8, 4) is 0 Å². The summed E-state index contributed by atoms with van der Waals surface area (Å²) in [6.07, 6.45) is 0.723. The summed E-state index contributed by atoms with van der Waals surface area (Å²) in [7, 11) is -3.45. The second-order valence-corrected chi connectivity index (χ2v) is 6.33. The van der Waals surface area contributed by atoms with E-state index in [2.05, 4.69) is 0 Å². The quantitative estimate of drug-likeness (QED) is 0.813. The number of hydrogen-bond donors (Lipinski definition) is 1. The number of hydrogen-bond acceptors (Lipinski definition) is 4. The first-order chi connectivity index (χ1) is 8.51. The Bertz CT molecular complexity index is 520. The lowest BCUT2D eigenvalue weighted by Gasteiger charge is -2.19. The minimum atomic E-state index is -3.45. The van der Waals surface area contributed by atoms with Crippen LogP contribution in [-0.4, -0.2) is 39.0 Å². The predicted octanol–water partition coefficient (Wildman–Crippen LogP) is 0.988. The minimum Gasteiger partial charge on any atom is -0.398 e. The lowest BCUT2D eigenvalue weighted by molar-refractivity contribution is 0.148. The van der Waals surface area contributed by atoms with Gasteiger partial charge in [0.05, 0.1) is 11.5 Å². The van der Waals surface area contributed by atoms with Gasteiger partial charge in [0, 0.05) is 25.4 Å². The molecule has 0 radical (unpaired) electrons. The van der Waals surface area contributed by atoms with Gasteiger partial charge in [-0.3, -0.25) is 0 Å². The highest BCUT2D eigenvalue weighted by molar-refractivity contribution is 7.89. The molecule has 1 aliphatic heterocycles. The number of nitrogen functional groups attached to an aromatic ring is 1. The molecule has 5 nitrogen and oxygen atoms in total. The second kappa shape index (κ2) is 5.26. The van der Waals surface area contributed by atoms with Crippen LogP contribution in [-0.2, 0) is 14.8 Å². The first-order valence-electron chi connectivity index (χ1n) is 5.96. The van der Waals surface area contributed by atoms with Crippen molar-refractivity contribution in [2.75, 3.05) is 32.0 Å². The lowest BCUT2D eigenvalue weighted by Crippen LogP contribution is -2.33. The lowest BCUT2D eigenvalue weighted by atomic mass is 10.2. The summed E-state index contributed by atoms with van der Waals surface area (Å²) in [5.41, 5.74) is 7.15. The summed E-state index contributed by atoms with van der Waals surface area (Å²) in [6.45, 7) is 3.81. The number of sulfonamides is 1. The number of rotatable bonds is 2. The van der Waals surface area contributed by atoms with Crippen LogP contribution in [0.15, 0.2) is 23.1 Å². The molecular formula is C12H18N2O3S. The van der Waals surface area contributed by atoms with Gasteiger partial charge in [0.25, 0.3) is 0 Å². The number of nitrogens with two attached hydrogens (primary N) is 1. The summed E-state index contributed by atoms with van der Waals surface area (Å²) in [5, 5.41) is 0. The Labute approximate surface area is 108 Å². The number of ether oxygens (including phenoxy) is 1. The molecule has 1 saturated heterocycles. The topological polar surface area (TPSA) is 72.6 Å². The normalized spacial score (nSPS) is 18.5. The van der Waals surface area contributed by atoms with Crippen LogP contribution in [0.25, 0.3) is 0 Å². The van der Waals surface area contributed by atoms with Crippen LogP contribution < -0.4 is 5.73 Å². The third-order valence-corrected chi connectivity index (χ3v) is 4.96. The van der Waals surface area contributed by atoms with Gasteiger partial charge in [-0.2, -0.15) is 4.31 Å². The van der Waals surface area contributed by atoms with Gasteiger partial charge in [0.1, 0.15) is 0 Å². The standard InChI is InChI=1S/C12H18N2O3S/c1-10-3-4-11(9-12(10)13)18(15,16)14-5-2-7-17-8-6-14/h3-4,9H,2,5-8,13H2,1H3. The Kier molecular flexibility index (Phi) is 3.89. The maximum absolute atomic E-state index is 12.4. The smallest absolute Gasteiger partial charge is 0.243 e. The van der Waals surface area contributed by atoms with E-state index < -0.39 is 10.0 Å². The predicted molar refractivity (Wildman–Crippen MR) is 69.8 cm³/mol. The molecule has 0 amide bonds. The highest BCUT2D eigenvalue weighted by Crippen LogP contribution is 2.21. The van der Waals surface area contributed by atoms with Gasteiger partial charge >= 0.3 is 0 Å². The molecule has 2 rings (SSSR count). The van der Waals surface area contributed by atoms with Crippen LogP contribution in [0.1, 0.15) is 12.0 Å². The van der Waals surface area contributed by atoms with E-state index in [9.17, 15) is 8.42 Å². The number of nitrogens with zero attached hydrogens (tertiary/aromatic N) is 1. The molecule has 0 atom stereocenters.